The summed E-state index contributed by atoms with van der Waals surface area (Å²) in [4.78, 5) is 4.68. The molecule has 0 saturated carbocycles. The van der Waals surface area contributed by atoms with Crippen molar-refractivity contribution >= 4 is 73.3 Å². The minimum absolute atomic E-state index is 0.440. The molecule has 6 heteroatoms. The fraction of sp³-hybridized carbons (Fsp3) is 0.0476. The number of rotatable bonds is 9. The fourth-order valence-corrected chi connectivity index (χ4v) is 10.4. The summed E-state index contributed by atoms with van der Waals surface area (Å²) < 4.78 is 4.71. The van der Waals surface area contributed by atoms with E-state index < -0.39 is 5.54 Å². The van der Waals surface area contributed by atoms with E-state index in [-0.39, 0.29) is 0 Å². The lowest BCUT2D eigenvalue weighted by molar-refractivity contribution is 0.615. The molecule has 0 bridgehead atoms. The van der Waals surface area contributed by atoms with E-state index in [9.17, 15) is 10.5 Å². The highest BCUT2D eigenvalue weighted by atomic mass is 15.2. The van der Waals surface area contributed by atoms with E-state index in [0.29, 0.717) is 11.1 Å². The quantitative estimate of drug-likeness (QED) is 0.145. The van der Waals surface area contributed by atoms with Crippen LogP contribution in [0.5, 0.6) is 0 Å². The molecule has 0 aliphatic heterocycles. The highest BCUT2D eigenvalue weighted by molar-refractivity contribution is 6.10. The number of anilines is 5. The molecule has 12 rings (SSSR count). The molecule has 1 unspecified atom stereocenters. The third kappa shape index (κ3) is 7.11. The van der Waals surface area contributed by atoms with Gasteiger partial charge in [-0.3, -0.25) is 0 Å². The summed E-state index contributed by atoms with van der Waals surface area (Å²) >= 11 is 0. The molecule has 6 nitrogen and oxygen atoms in total. The number of hydrogen-bond donors (Lipinski definition) is 0. The second-order valence-corrected chi connectivity index (χ2v) is 17.9. The van der Waals surface area contributed by atoms with Crippen molar-refractivity contribution in [1.29, 1.82) is 10.5 Å². The van der Waals surface area contributed by atoms with Crippen molar-refractivity contribution < 1.29 is 0 Å². The Morgan fingerprint density at radius 3 is 1.46 bits per heavy atom. The third-order valence-corrected chi connectivity index (χ3v) is 13.7. The van der Waals surface area contributed by atoms with E-state index in [1.54, 1.807) is 0 Å². The van der Waals surface area contributed by atoms with Crippen LogP contribution in [0.25, 0.3) is 67.4 Å². The molecule has 1 aliphatic carbocycles. The summed E-state index contributed by atoms with van der Waals surface area (Å²) in [5, 5.41) is 25.4. The molecular weight excluding hydrogens is 841 g/mol. The first-order valence-electron chi connectivity index (χ1n) is 23.3. The van der Waals surface area contributed by atoms with Crippen LogP contribution in [-0.4, -0.2) is 14.7 Å². The first-order valence-corrected chi connectivity index (χ1v) is 23.3. The van der Waals surface area contributed by atoms with E-state index in [2.05, 4.69) is 238 Å². The summed E-state index contributed by atoms with van der Waals surface area (Å²) in [6, 6.07) is 83.0. The van der Waals surface area contributed by atoms with E-state index in [0.717, 1.165) is 73.8 Å². The van der Waals surface area contributed by atoms with Gasteiger partial charge in [0.15, 0.2) is 0 Å². The van der Waals surface area contributed by atoms with Gasteiger partial charge in [-0.15, -0.1) is 0 Å². The largest absolute Gasteiger partial charge is 0.332 e. The molecule has 0 N–H and O–H groups in total. The van der Waals surface area contributed by atoms with Gasteiger partial charge >= 0.3 is 0 Å². The first kappa shape index (κ1) is 41.1. The van der Waals surface area contributed by atoms with E-state index in [1.165, 1.54) is 26.9 Å². The Bertz CT molecular complexity index is 3930. The van der Waals surface area contributed by atoms with E-state index >= 15 is 0 Å². The summed E-state index contributed by atoms with van der Waals surface area (Å²) in [6.45, 7) is 2.31. The molecule has 2 heterocycles. The first-order chi connectivity index (χ1) is 34.0. The maximum absolute atomic E-state index is 9.73. The minimum Gasteiger partial charge on any atom is -0.332 e. The molecule has 11 aromatic rings. The summed E-state index contributed by atoms with van der Waals surface area (Å²) in [6.07, 6.45) is 5.59. The van der Waals surface area contributed by atoms with Crippen LogP contribution in [0.1, 0.15) is 24.5 Å². The number of hydrogen-bond acceptors (Lipinski definition) is 4. The molecule has 0 radical (unpaired) electrons. The monoisotopic (exact) mass is 884 g/mol. The lowest BCUT2D eigenvalue weighted by Gasteiger charge is -2.42. The van der Waals surface area contributed by atoms with Crippen LogP contribution in [0.15, 0.2) is 224 Å². The normalized spacial score (nSPS) is 14.1. The highest BCUT2D eigenvalue weighted by Gasteiger charge is 2.33. The van der Waals surface area contributed by atoms with Gasteiger partial charge in [-0.05, 0) is 158 Å². The van der Waals surface area contributed by atoms with Crippen molar-refractivity contribution in [1.82, 2.24) is 9.13 Å². The zero-order valence-electron chi connectivity index (χ0n) is 37.9. The number of fused-ring (bicyclic) bond motifs is 6. The average Bonchev–Trinajstić information content (AvgIpc) is 3.92. The predicted molar refractivity (Wildman–Crippen MR) is 283 cm³/mol. The van der Waals surface area contributed by atoms with Crippen molar-refractivity contribution in [2.45, 2.75) is 18.9 Å². The van der Waals surface area contributed by atoms with Gasteiger partial charge in [0.2, 0.25) is 0 Å². The molecule has 1 aliphatic rings. The highest BCUT2D eigenvalue weighted by Crippen LogP contribution is 2.42. The number of aromatic nitrogens is 2. The molecule has 0 spiro atoms. The van der Waals surface area contributed by atoms with Gasteiger partial charge < -0.3 is 18.9 Å². The maximum atomic E-state index is 9.73. The Morgan fingerprint density at radius 1 is 0.435 bits per heavy atom. The summed E-state index contributed by atoms with van der Waals surface area (Å²) in [5.74, 6) is 0. The molecule has 69 heavy (non-hydrogen) atoms. The Kier molecular flexibility index (Phi) is 10.0. The number of nitriles is 2. The number of para-hydroxylation sites is 4. The van der Waals surface area contributed by atoms with Gasteiger partial charge in [0.25, 0.3) is 0 Å². The van der Waals surface area contributed by atoms with Crippen molar-refractivity contribution in [2.24, 2.45) is 0 Å². The lowest BCUT2D eigenvalue weighted by Crippen LogP contribution is -2.47. The van der Waals surface area contributed by atoms with Crippen molar-refractivity contribution in [3.8, 4) is 34.6 Å². The van der Waals surface area contributed by atoms with Gasteiger partial charge in [-0.25, -0.2) is 0 Å². The van der Waals surface area contributed by atoms with Crippen LogP contribution in [0.2, 0.25) is 0 Å². The minimum atomic E-state index is -0.440. The second kappa shape index (κ2) is 16.8. The number of nitrogens with zero attached hydrogens (tertiary/aromatic N) is 6. The van der Waals surface area contributed by atoms with Gasteiger partial charge in [-0.2, -0.15) is 10.5 Å². The van der Waals surface area contributed by atoms with Crippen molar-refractivity contribution in [3.05, 3.63) is 246 Å². The maximum Gasteiger partial charge on any atom is 0.0991 e. The fourth-order valence-electron chi connectivity index (χ4n) is 10.4. The smallest absolute Gasteiger partial charge is 0.0991 e. The zero-order chi connectivity index (χ0) is 46.5. The van der Waals surface area contributed by atoms with Crippen LogP contribution < -0.4 is 20.4 Å². The Hall–Kier alpha value is -9.36. The molecule has 9 aromatic carbocycles. The van der Waals surface area contributed by atoms with Crippen LogP contribution in [0.3, 0.4) is 0 Å². The second-order valence-electron chi connectivity index (χ2n) is 17.9. The predicted octanol–water partition coefficient (Wildman–Crippen LogP) is 14.2. The lowest BCUT2D eigenvalue weighted by atomic mass is 9.88. The molecule has 2 aromatic heterocycles. The molecule has 0 saturated heterocycles. The van der Waals surface area contributed by atoms with Gasteiger partial charge in [0.05, 0.1) is 45.4 Å². The van der Waals surface area contributed by atoms with Crippen LogP contribution >= 0.6 is 0 Å². The van der Waals surface area contributed by atoms with Crippen molar-refractivity contribution in [3.63, 3.8) is 0 Å². The standard InChI is InChI=1S/C63H44N6/c1-63(39-38-62-58(41-63)56-17-9-11-19-60(56)68(62)49-14-6-3-7-15-49)69(52-30-22-45(43-65)23-31-52)53-34-26-47(27-35-53)46-24-32-51(33-25-46)66(50-28-20-44(42-64)21-29-50)54-36-37-61-57(40-54)55-16-8-10-18-59(55)67(61)48-12-4-2-5-13-48/h2-38,40-41H,39H2,1H3. The SMILES string of the molecule is CC1(N(c2ccc(C#N)cc2)c2ccc(-c3ccc(N(c4ccc(C#N)cc4)c4ccc5c(c4)c4ccccc4n5-c4ccccc4)cc3)cc2)C=c2c(n(-c3ccccc3)c3ccccc23)=CC1. The summed E-state index contributed by atoms with van der Waals surface area (Å²) in [7, 11) is 0. The Morgan fingerprint density at radius 2 is 0.884 bits per heavy atom. The molecule has 0 amide bonds. The third-order valence-electron chi connectivity index (χ3n) is 13.7. The topological polar surface area (TPSA) is 63.9 Å². The molecular formula is C63H44N6. The Balaban J connectivity index is 0.919. The van der Waals surface area contributed by atoms with Crippen molar-refractivity contribution in [2.75, 3.05) is 9.80 Å². The van der Waals surface area contributed by atoms with Crippen LogP contribution in [0, 0.1) is 22.7 Å². The van der Waals surface area contributed by atoms with Gasteiger partial charge in [0.1, 0.15) is 0 Å². The number of benzene rings is 9. The molecule has 1 atom stereocenters. The summed E-state index contributed by atoms with van der Waals surface area (Å²) in [5.41, 5.74) is 13.8. The van der Waals surface area contributed by atoms with E-state index in [1.807, 2.05) is 36.4 Å². The molecule has 0 fully saturated rings. The Labute approximate surface area is 400 Å². The zero-order valence-corrected chi connectivity index (χ0v) is 37.9. The molecule has 326 valence electrons. The van der Waals surface area contributed by atoms with E-state index in [4.69, 9.17) is 0 Å². The van der Waals surface area contributed by atoms with Gasteiger partial charge in [0, 0.05) is 66.5 Å². The van der Waals surface area contributed by atoms with Crippen LogP contribution in [0.4, 0.5) is 28.4 Å². The average molecular weight is 885 g/mol. The van der Waals surface area contributed by atoms with Crippen LogP contribution in [-0.2, 0) is 0 Å². The van der Waals surface area contributed by atoms with Gasteiger partial charge in [-0.1, -0.05) is 103 Å².